The summed E-state index contributed by atoms with van der Waals surface area (Å²) in [5, 5.41) is 3.04. The average molecular weight is 252 g/mol. The van der Waals surface area contributed by atoms with Gasteiger partial charge in [0.25, 0.3) is 0 Å². The molecule has 0 fully saturated rings. The first-order chi connectivity index (χ1) is 8.43. The number of nitrogens with one attached hydrogen (secondary N) is 1. The maximum absolute atomic E-state index is 13.5. The number of halogens is 1. The van der Waals surface area contributed by atoms with E-state index in [9.17, 15) is 9.18 Å². The van der Waals surface area contributed by atoms with Crippen molar-refractivity contribution in [3.63, 3.8) is 0 Å². The minimum atomic E-state index is -0.248. The van der Waals surface area contributed by atoms with Crippen LogP contribution in [0.5, 0.6) is 0 Å². The summed E-state index contributed by atoms with van der Waals surface area (Å²) >= 11 is 0. The van der Waals surface area contributed by atoms with Crippen LogP contribution in [0, 0.1) is 5.82 Å². The van der Waals surface area contributed by atoms with Crippen molar-refractivity contribution in [2.24, 2.45) is 0 Å². The lowest BCUT2D eigenvalue weighted by atomic mass is 10.1. The normalized spacial score (nSPS) is 12.6. The van der Waals surface area contributed by atoms with E-state index in [0.717, 1.165) is 0 Å². The number of benzene rings is 1. The predicted octanol–water partition coefficient (Wildman–Crippen LogP) is 2.34. The van der Waals surface area contributed by atoms with E-state index in [1.807, 2.05) is 20.8 Å². The molecule has 0 aliphatic heterocycles. The number of rotatable bonds is 5. The molecule has 0 bridgehead atoms. The lowest BCUT2D eigenvalue weighted by molar-refractivity contribution is -0.130. The van der Waals surface area contributed by atoms with Gasteiger partial charge in [-0.3, -0.25) is 4.79 Å². The number of nitrogens with zero attached hydrogens (tertiary/aromatic N) is 1. The topological polar surface area (TPSA) is 32.3 Å². The summed E-state index contributed by atoms with van der Waals surface area (Å²) in [6.45, 7) is 5.97. The van der Waals surface area contributed by atoms with Gasteiger partial charge >= 0.3 is 0 Å². The highest BCUT2D eigenvalue weighted by Crippen LogP contribution is 2.15. The van der Waals surface area contributed by atoms with Gasteiger partial charge in [0.15, 0.2) is 0 Å². The molecule has 0 aliphatic rings. The van der Waals surface area contributed by atoms with Gasteiger partial charge in [0.2, 0.25) is 5.91 Å². The smallest absolute Gasteiger partial charge is 0.236 e. The molecule has 1 rings (SSSR count). The van der Waals surface area contributed by atoms with Gasteiger partial charge in [-0.1, -0.05) is 18.2 Å². The first-order valence-corrected chi connectivity index (χ1v) is 6.17. The molecule has 1 amide bonds. The summed E-state index contributed by atoms with van der Waals surface area (Å²) in [6, 6.07) is 6.58. The van der Waals surface area contributed by atoms with Gasteiger partial charge < -0.3 is 10.2 Å². The number of hydrogen-bond donors (Lipinski definition) is 1. The van der Waals surface area contributed by atoms with Gasteiger partial charge in [-0.2, -0.15) is 0 Å². The van der Waals surface area contributed by atoms with Gasteiger partial charge in [-0.15, -0.1) is 0 Å². The molecule has 0 saturated heterocycles. The first-order valence-electron chi connectivity index (χ1n) is 6.17. The van der Waals surface area contributed by atoms with E-state index in [0.29, 0.717) is 5.56 Å². The predicted molar refractivity (Wildman–Crippen MR) is 70.7 cm³/mol. The molecule has 100 valence electrons. The van der Waals surface area contributed by atoms with E-state index in [2.05, 4.69) is 5.32 Å². The summed E-state index contributed by atoms with van der Waals surface area (Å²) in [5.41, 5.74) is 0.581. The van der Waals surface area contributed by atoms with Crippen LogP contribution in [0.3, 0.4) is 0 Å². The molecule has 1 unspecified atom stereocenters. The quantitative estimate of drug-likeness (QED) is 0.872. The second-order valence-corrected chi connectivity index (χ2v) is 4.72. The Bertz CT molecular complexity index is 407. The van der Waals surface area contributed by atoms with Gasteiger partial charge in [0.05, 0.1) is 6.54 Å². The zero-order valence-corrected chi connectivity index (χ0v) is 11.4. The van der Waals surface area contributed by atoms with Crippen molar-refractivity contribution in [3.05, 3.63) is 35.6 Å². The van der Waals surface area contributed by atoms with Crippen molar-refractivity contribution < 1.29 is 9.18 Å². The highest BCUT2D eigenvalue weighted by atomic mass is 19.1. The fourth-order valence-corrected chi connectivity index (χ4v) is 1.59. The highest BCUT2D eigenvalue weighted by Gasteiger charge is 2.14. The lowest BCUT2D eigenvalue weighted by Gasteiger charge is -2.23. The lowest BCUT2D eigenvalue weighted by Crippen LogP contribution is -2.40. The molecule has 1 aromatic carbocycles. The third kappa shape index (κ3) is 3.81. The second kappa shape index (κ2) is 6.50. The van der Waals surface area contributed by atoms with Crippen LogP contribution in [0.15, 0.2) is 24.3 Å². The molecule has 18 heavy (non-hydrogen) atoms. The van der Waals surface area contributed by atoms with Crippen LogP contribution in [0.25, 0.3) is 0 Å². The molecule has 4 heteroatoms. The molecule has 3 nitrogen and oxygen atoms in total. The third-order valence-electron chi connectivity index (χ3n) is 3.10. The van der Waals surface area contributed by atoms with Crippen LogP contribution in [-0.4, -0.2) is 30.4 Å². The highest BCUT2D eigenvalue weighted by molar-refractivity contribution is 5.78. The molecule has 1 atom stereocenters. The fourth-order valence-electron chi connectivity index (χ4n) is 1.59. The Morgan fingerprint density at radius 1 is 1.33 bits per heavy atom. The Morgan fingerprint density at radius 2 is 1.94 bits per heavy atom. The molecule has 0 spiro atoms. The molecule has 0 radical (unpaired) electrons. The summed E-state index contributed by atoms with van der Waals surface area (Å²) in [5.74, 6) is -0.240. The van der Waals surface area contributed by atoms with E-state index in [-0.39, 0.29) is 30.4 Å². The largest absolute Gasteiger partial charge is 0.342 e. The van der Waals surface area contributed by atoms with Crippen molar-refractivity contribution in [3.8, 4) is 0 Å². The van der Waals surface area contributed by atoms with Gasteiger partial charge in [-0.25, -0.2) is 4.39 Å². The second-order valence-electron chi connectivity index (χ2n) is 4.72. The van der Waals surface area contributed by atoms with E-state index >= 15 is 0 Å². The van der Waals surface area contributed by atoms with Crippen LogP contribution in [-0.2, 0) is 4.79 Å². The van der Waals surface area contributed by atoms with Crippen LogP contribution in [0.4, 0.5) is 4.39 Å². The monoisotopic (exact) mass is 252 g/mol. The van der Waals surface area contributed by atoms with Crippen LogP contribution in [0.2, 0.25) is 0 Å². The van der Waals surface area contributed by atoms with Gasteiger partial charge in [0, 0.05) is 24.7 Å². The Morgan fingerprint density at radius 3 is 2.50 bits per heavy atom. The first kappa shape index (κ1) is 14.6. The summed E-state index contributed by atoms with van der Waals surface area (Å²) < 4.78 is 13.5. The number of amides is 1. The Labute approximate surface area is 108 Å². The zero-order valence-electron chi connectivity index (χ0n) is 11.4. The van der Waals surface area contributed by atoms with Crippen molar-refractivity contribution in [2.45, 2.75) is 32.9 Å². The van der Waals surface area contributed by atoms with Crippen LogP contribution < -0.4 is 5.32 Å². The maximum atomic E-state index is 13.5. The molecule has 0 saturated carbocycles. The minimum absolute atomic E-state index is 0.00758. The number of carbonyl (C=O) groups is 1. The minimum Gasteiger partial charge on any atom is -0.342 e. The molecular formula is C14H21FN2O. The Hall–Kier alpha value is -1.42. The molecule has 0 aliphatic carbocycles. The molecule has 0 aromatic heterocycles. The number of likely N-dealkylation sites (N-methyl/N-ethyl adjacent to an activating group) is 1. The molecule has 0 heterocycles. The summed E-state index contributed by atoms with van der Waals surface area (Å²) in [7, 11) is 1.77. The number of carbonyl (C=O) groups excluding carboxylic acids is 1. The van der Waals surface area contributed by atoms with E-state index < -0.39 is 0 Å². The summed E-state index contributed by atoms with van der Waals surface area (Å²) in [6.07, 6.45) is 0. The standard InChI is InChI=1S/C14H21FN2O/c1-10(2)17(4)14(18)9-16-11(3)12-7-5-6-8-13(12)15/h5-8,10-11,16H,9H2,1-4H3. The van der Waals surface area contributed by atoms with Crippen molar-refractivity contribution in [2.75, 3.05) is 13.6 Å². The fraction of sp³-hybridized carbons (Fsp3) is 0.500. The molecule has 1 aromatic rings. The Kier molecular flexibility index (Phi) is 5.28. The SMILES string of the molecule is CC(NCC(=O)N(C)C(C)C)c1ccccc1F. The van der Waals surface area contributed by atoms with Gasteiger partial charge in [0.1, 0.15) is 5.82 Å². The van der Waals surface area contributed by atoms with E-state index in [1.54, 1.807) is 30.1 Å². The maximum Gasteiger partial charge on any atom is 0.236 e. The van der Waals surface area contributed by atoms with Crippen LogP contribution >= 0.6 is 0 Å². The zero-order chi connectivity index (χ0) is 13.7. The van der Waals surface area contributed by atoms with Crippen molar-refractivity contribution in [1.82, 2.24) is 10.2 Å². The van der Waals surface area contributed by atoms with E-state index in [1.165, 1.54) is 6.07 Å². The Balaban J connectivity index is 2.54. The molecule has 1 N–H and O–H groups in total. The summed E-state index contributed by atoms with van der Waals surface area (Å²) in [4.78, 5) is 13.4. The van der Waals surface area contributed by atoms with Crippen LogP contribution in [0.1, 0.15) is 32.4 Å². The van der Waals surface area contributed by atoms with Crippen molar-refractivity contribution in [1.29, 1.82) is 0 Å². The average Bonchev–Trinajstić information content (AvgIpc) is 2.35. The van der Waals surface area contributed by atoms with Crippen molar-refractivity contribution >= 4 is 5.91 Å². The van der Waals surface area contributed by atoms with E-state index in [4.69, 9.17) is 0 Å². The number of hydrogen-bond acceptors (Lipinski definition) is 2. The van der Waals surface area contributed by atoms with Gasteiger partial charge in [-0.05, 0) is 26.8 Å². The molecular weight excluding hydrogens is 231 g/mol. The third-order valence-corrected chi connectivity index (χ3v) is 3.10.